The van der Waals surface area contributed by atoms with Gasteiger partial charge in [0.05, 0.1) is 18.6 Å². The molecule has 1 fully saturated rings. The molecule has 1 heterocycles. The van der Waals surface area contributed by atoms with Gasteiger partial charge in [-0.1, -0.05) is 43.5 Å². The number of rotatable bonds is 4. The van der Waals surface area contributed by atoms with E-state index in [1.165, 1.54) is 48.8 Å². The Balaban J connectivity index is 1.78. The summed E-state index contributed by atoms with van der Waals surface area (Å²) in [6, 6.07) is 11.4. The van der Waals surface area contributed by atoms with Gasteiger partial charge in [-0.05, 0) is 43.0 Å². The highest BCUT2D eigenvalue weighted by molar-refractivity contribution is 5.33. The summed E-state index contributed by atoms with van der Waals surface area (Å²) in [4.78, 5) is 0. The standard InChI is InChI=1S/C18H23NO/c1-19-18(17-11-12-20-13-17)16-9-7-15(8-10-16)14-5-3-2-4-6-14/h7-14,18-19H,2-6H2,1H3. The van der Waals surface area contributed by atoms with Crippen molar-refractivity contribution in [2.45, 2.75) is 44.1 Å². The van der Waals surface area contributed by atoms with Crippen LogP contribution in [0.25, 0.3) is 0 Å². The van der Waals surface area contributed by atoms with E-state index in [2.05, 4.69) is 29.6 Å². The van der Waals surface area contributed by atoms with Gasteiger partial charge in [0.1, 0.15) is 0 Å². The van der Waals surface area contributed by atoms with Crippen LogP contribution in [-0.2, 0) is 0 Å². The predicted octanol–water partition coefficient (Wildman–Crippen LogP) is 4.64. The first-order chi connectivity index (χ1) is 9.88. The van der Waals surface area contributed by atoms with Crippen LogP contribution in [0.5, 0.6) is 0 Å². The molecule has 1 aliphatic carbocycles. The third-order valence-electron chi connectivity index (χ3n) is 4.51. The second-order valence-electron chi connectivity index (χ2n) is 5.78. The zero-order chi connectivity index (χ0) is 13.8. The molecule has 1 atom stereocenters. The lowest BCUT2D eigenvalue weighted by Gasteiger charge is -2.23. The molecule has 1 N–H and O–H groups in total. The summed E-state index contributed by atoms with van der Waals surface area (Å²) in [6.07, 6.45) is 10.5. The minimum absolute atomic E-state index is 0.217. The predicted molar refractivity (Wildman–Crippen MR) is 81.9 cm³/mol. The minimum Gasteiger partial charge on any atom is -0.472 e. The lowest BCUT2D eigenvalue weighted by atomic mass is 9.83. The first-order valence-corrected chi connectivity index (χ1v) is 7.67. The zero-order valence-electron chi connectivity index (χ0n) is 12.1. The van der Waals surface area contributed by atoms with Crippen molar-refractivity contribution in [2.75, 3.05) is 7.05 Å². The molecule has 1 aromatic carbocycles. The van der Waals surface area contributed by atoms with Crippen molar-refractivity contribution in [1.82, 2.24) is 5.32 Å². The average molecular weight is 269 g/mol. The maximum Gasteiger partial charge on any atom is 0.0953 e. The van der Waals surface area contributed by atoms with Gasteiger partial charge in [0.25, 0.3) is 0 Å². The summed E-state index contributed by atoms with van der Waals surface area (Å²) in [6.45, 7) is 0. The Kier molecular flexibility index (Phi) is 4.22. The van der Waals surface area contributed by atoms with E-state index in [9.17, 15) is 0 Å². The summed E-state index contributed by atoms with van der Waals surface area (Å²) >= 11 is 0. The number of furan rings is 1. The fourth-order valence-electron chi connectivity index (χ4n) is 3.36. The minimum atomic E-state index is 0.217. The van der Waals surface area contributed by atoms with Crippen molar-refractivity contribution >= 4 is 0 Å². The van der Waals surface area contributed by atoms with Gasteiger partial charge in [-0.3, -0.25) is 0 Å². The summed E-state index contributed by atoms with van der Waals surface area (Å²) in [7, 11) is 1.99. The normalized spacial score (nSPS) is 18.1. The Bertz CT molecular complexity index is 509. The van der Waals surface area contributed by atoms with Crippen molar-refractivity contribution in [1.29, 1.82) is 0 Å². The number of benzene rings is 1. The molecule has 0 amide bonds. The van der Waals surface area contributed by atoms with Crippen LogP contribution < -0.4 is 5.32 Å². The van der Waals surface area contributed by atoms with Gasteiger partial charge in [0, 0.05) is 5.56 Å². The molecule has 2 nitrogen and oxygen atoms in total. The van der Waals surface area contributed by atoms with Crippen LogP contribution in [0, 0.1) is 0 Å². The largest absolute Gasteiger partial charge is 0.472 e. The van der Waals surface area contributed by atoms with Crippen LogP contribution >= 0.6 is 0 Å². The number of nitrogens with one attached hydrogen (secondary N) is 1. The van der Waals surface area contributed by atoms with E-state index in [4.69, 9.17) is 4.42 Å². The Morgan fingerprint density at radius 2 is 1.75 bits per heavy atom. The Morgan fingerprint density at radius 3 is 2.35 bits per heavy atom. The highest BCUT2D eigenvalue weighted by Gasteiger charge is 2.17. The molecule has 0 saturated heterocycles. The molecular formula is C18H23NO. The number of hydrogen-bond acceptors (Lipinski definition) is 2. The molecule has 1 unspecified atom stereocenters. The maximum atomic E-state index is 5.20. The molecular weight excluding hydrogens is 246 g/mol. The molecule has 1 aliphatic rings. The third-order valence-corrected chi connectivity index (χ3v) is 4.51. The molecule has 20 heavy (non-hydrogen) atoms. The maximum absolute atomic E-state index is 5.20. The molecule has 106 valence electrons. The molecule has 1 aromatic heterocycles. The van der Waals surface area contributed by atoms with Crippen LogP contribution in [0.2, 0.25) is 0 Å². The summed E-state index contributed by atoms with van der Waals surface area (Å²) in [5, 5.41) is 3.36. The van der Waals surface area contributed by atoms with Crippen molar-refractivity contribution in [3.8, 4) is 0 Å². The Morgan fingerprint density at radius 1 is 1.00 bits per heavy atom. The van der Waals surface area contributed by atoms with Crippen LogP contribution in [0.15, 0.2) is 47.3 Å². The molecule has 1 saturated carbocycles. The lowest BCUT2D eigenvalue weighted by Crippen LogP contribution is -2.17. The fraction of sp³-hybridized carbons (Fsp3) is 0.444. The van der Waals surface area contributed by atoms with Crippen molar-refractivity contribution < 1.29 is 4.42 Å². The molecule has 2 aromatic rings. The Hall–Kier alpha value is -1.54. The van der Waals surface area contributed by atoms with E-state index in [1.54, 1.807) is 6.26 Å². The molecule has 0 bridgehead atoms. The highest BCUT2D eigenvalue weighted by atomic mass is 16.3. The van der Waals surface area contributed by atoms with Crippen molar-refractivity contribution in [3.05, 3.63) is 59.5 Å². The van der Waals surface area contributed by atoms with Gasteiger partial charge in [0.15, 0.2) is 0 Å². The van der Waals surface area contributed by atoms with E-state index < -0.39 is 0 Å². The highest BCUT2D eigenvalue weighted by Crippen LogP contribution is 2.33. The van der Waals surface area contributed by atoms with Crippen LogP contribution in [0.1, 0.15) is 60.8 Å². The molecule has 2 heteroatoms. The second-order valence-corrected chi connectivity index (χ2v) is 5.78. The van der Waals surface area contributed by atoms with Gasteiger partial charge in [-0.15, -0.1) is 0 Å². The van der Waals surface area contributed by atoms with E-state index in [0.29, 0.717) is 0 Å². The summed E-state index contributed by atoms with van der Waals surface area (Å²) in [5.41, 5.74) is 3.99. The van der Waals surface area contributed by atoms with Crippen molar-refractivity contribution in [3.63, 3.8) is 0 Å². The topological polar surface area (TPSA) is 25.2 Å². The third kappa shape index (κ3) is 2.80. The second kappa shape index (κ2) is 6.27. The van der Waals surface area contributed by atoms with Crippen LogP contribution in [0.4, 0.5) is 0 Å². The van der Waals surface area contributed by atoms with Gasteiger partial charge >= 0.3 is 0 Å². The van der Waals surface area contributed by atoms with E-state index in [0.717, 1.165) is 5.92 Å². The van der Waals surface area contributed by atoms with Gasteiger partial charge in [-0.2, -0.15) is 0 Å². The van der Waals surface area contributed by atoms with E-state index in [-0.39, 0.29) is 6.04 Å². The van der Waals surface area contributed by atoms with Gasteiger partial charge in [0.2, 0.25) is 0 Å². The monoisotopic (exact) mass is 269 g/mol. The summed E-state index contributed by atoms with van der Waals surface area (Å²) < 4.78 is 5.20. The Labute approximate surface area is 121 Å². The smallest absolute Gasteiger partial charge is 0.0953 e. The quantitative estimate of drug-likeness (QED) is 0.875. The van der Waals surface area contributed by atoms with Crippen LogP contribution in [0.3, 0.4) is 0 Å². The zero-order valence-corrected chi connectivity index (χ0v) is 12.1. The molecule has 0 radical (unpaired) electrons. The fourth-order valence-corrected chi connectivity index (χ4v) is 3.36. The first kappa shape index (κ1) is 13.4. The van der Waals surface area contributed by atoms with Crippen molar-refractivity contribution in [2.24, 2.45) is 0 Å². The van der Waals surface area contributed by atoms with Gasteiger partial charge in [-0.25, -0.2) is 0 Å². The van der Waals surface area contributed by atoms with Crippen LogP contribution in [-0.4, -0.2) is 7.05 Å². The summed E-state index contributed by atoms with van der Waals surface area (Å²) in [5.74, 6) is 0.778. The van der Waals surface area contributed by atoms with Gasteiger partial charge < -0.3 is 9.73 Å². The molecule has 0 spiro atoms. The van der Waals surface area contributed by atoms with E-state index >= 15 is 0 Å². The molecule has 0 aliphatic heterocycles. The first-order valence-electron chi connectivity index (χ1n) is 7.67. The molecule has 3 rings (SSSR count). The van der Waals surface area contributed by atoms with E-state index in [1.807, 2.05) is 19.4 Å². The SMILES string of the molecule is CNC(c1ccc(C2CCCCC2)cc1)c1ccoc1. The number of hydrogen-bond donors (Lipinski definition) is 1. The lowest BCUT2D eigenvalue weighted by molar-refractivity contribution is 0.443. The average Bonchev–Trinajstić information content (AvgIpc) is 3.04.